The lowest BCUT2D eigenvalue weighted by Crippen LogP contribution is -2.37. The van der Waals surface area contributed by atoms with Gasteiger partial charge in [0, 0.05) is 35.4 Å². The van der Waals surface area contributed by atoms with Crippen LogP contribution in [0.25, 0.3) is 0 Å². The molecule has 0 bridgehead atoms. The van der Waals surface area contributed by atoms with Gasteiger partial charge in [0.2, 0.25) is 0 Å². The van der Waals surface area contributed by atoms with E-state index in [2.05, 4.69) is 10.6 Å². The van der Waals surface area contributed by atoms with Crippen molar-refractivity contribution < 1.29 is 18.9 Å². The summed E-state index contributed by atoms with van der Waals surface area (Å²) in [6, 6.07) is -0.267. The molecular formula is C12H24N2O4S. The smallest absolute Gasteiger partial charge is 0.314 e. The number of carbonyl (C=O) groups excluding carboxylic acids is 1. The lowest BCUT2D eigenvalue weighted by atomic mass is 10.1. The van der Waals surface area contributed by atoms with Crippen LogP contribution in [0.3, 0.4) is 0 Å². The van der Waals surface area contributed by atoms with Crippen molar-refractivity contribution in [3.63, 3.8) is 0 Å². The summed E-state index contributed by atoms with van der Waals surface area (Å²) in [7, 11) is -0.869. The van der Waals surface area contributed by atoms with Crippen molar-refractivity contribution in [1.82, 2.24) is 10.6 Å². The lowest BCUT2D eigenvalue weighted by Gasteiger charge is -2.11. The number of aliphatic carboxylic acids is 1. The fraction of sp³-hybridized carbons (Fsp3) is 0.833. The van der Waals surface area contributed by atoms with Gasteiger partial charge in [-0.3, -0.25) is 9.00 Å². The van der Waals surface area contributed by atoms with E-state index in [-0.39, 0.29) is 17.2 Å². The third-order valence-corrected chi connectivity index (χ3v) is 4.29. The summed E-state index contributed by atoms with van der Waals surface area (Å²) in [5, 5.41) is 14.1. The first-order valence-corrected chi connectivity index (χ1v) is 8.03. The van der Waals surface area contributed by atoms with Crippen LogP contribution in [-0.2, 0) is 15.6 Å². The SMILES string of the molecule is CC(CCCNC(=O)NCCC(C)S(C)=O)C(=O)O. The number of amides is 2. The first-order chi connectivity index (χ1) is 8.84. The largest absolute Gasteiger partial charge is 0.481 e. The van der Waals surface area contributed by atoms with Crippen LogP contribution in [-0.4, -0.2) is 45.9 Å². The van der Waals surface area contributed by atoms with Crippen LogP contribution in [0, 0.1) is 5.92 Å². The molecule has 3 unspecified atom stereocenters. The molecule has 0 aliphatic heterocycles. The topological polar surface area (TPSA) is 95.5 Å². The Balaban J connectivity index is 3.55. The van der Waals surface area contributed by atoms with E-state index in [1.54, 1.807) is 13.2 Å². The zero-order chi connectivity index (χ0) is 14.8. The molecule has 2 amide bonds. The average Bonchev–Trinajstić information content (AvgIpc) is 2.33. The van der Waals surface area contributed by atoms with E-state index in [0.717, 1.165) is 0 Å². The molecule has 19 heavy (non-hydrogen) atoms. The molecule has 0 aromatic rings. The zero-order valence-corrected chi connectivity index (χ0v) is 12.6. The van der Waals surface area contributed by atoms with E-state index in [4.69, 9.17) is 5.11 Å². The number of carbonyl (C=O) groups is 2. The maximum absolute atomic E-state index is 11.4. The highest BCUT2D eigenvalue weighted by atomic mass is 32.2. The van der Waals surface area contributed by atoms with Gasteiger partial charge in [-0.15, -0.1) is 0 Å². The Kier molecular flexibility index (Phi) is 9.20. The molecule has 0 radical (unpaired) electrons. The minimum atomic E-state index is -0.869. The van der Waals surface area contributed by atoms with Crippen molar-refractivity contribution in [2.45, 2.75) is 38.4 Å². The zero-order valence-electron chi connectivity index (χ0n) is 11.8. The van der Waals surface area contributed by atoms with Gasteiger partial charge in [-0.25, -0.2) is 4.79 Å². The Morgan fingerprint density at radius 1 is 1.16 bits per heavy atom. The Hall–Kier alpha value is -1.11. The highest BCUT2D eigenvalue weighted by molar-refractivity contribution is 7.84. The van der Waals surface area contributed by atoms with Gasteiger partial charge in [-0.05, 0) is 19.3 Å². The molecule has 112 valence electrons. The highest BCUT2D eigenvalue weighted by Crippen LogP contribution is 2.04. The van der Waals surface area contributed by atoms with Crippen molar-refractivity contribution in [2.24, 2.45) is 5.92 Å². The summed E-state index contributed by atoms with van der Waals surface area (Å²) in [6.45, 7) is 4.47. The molecule has 0 aromatic heterocycles. The Morgan fingerprint density at radius 3 is 2.26 bits per heavy atom. The normalized spacial score (nSPS) is 15.3. The molecule has 0 fully saturated rings. The molecule has 6 nitrogen and oxygen atoms in total. The van der Waals surface area contributed by atoms with Gasteiger partial charge in [0.1, 0.15) is 0 Å². The third kappa shape index (κ3) is 9.47. The molecule has 0 saturated heterocycles. The monoisotopic (exact) mass is 292 g/mol. The summed E-state index contributed by atoms with van der Waals surface area (Å²) >= 11 is 0. The van der Waals surface area contributed by atoms with Gasteiger partial charge < -0.3 is 15.7 Å². The molecule has 7 heteroatoms. The molecule has 3 N–H and O–H groups in total. The van der Waals surface area contributed by atoms with Crippen molar-refractivity contribution in [3.8, 4) is 0 Å². The van der Waals surface area contributed by atoms with Crippen LogP contribution in [0.4, 0.5) is 4.79 Å². The second-order valence-corrected chi connectivity index (χ2v) is 6.46. The number of hydrogen-bond donors (Lipinski definition) is 3. The third-order valence-electron chi connectivity index (χ3n) is 2.92. The Bertz CT molecular complexity index is 323. The fourth-order valence-electron chi connectivity index (χ4n) is 1.35. The predicted octanol–water partition coefficient (Wildman–Crippen LogP) is 0.944. The molecule has 0 aliphatic carbocycles. The fourth-order valence-corrected chi connectivity index (χ4v) is 1.80. The summed E-state index contributed by atoms with van der Waals surface area (Å²) in [6.07, 6.45) is 3.50. The van der Waals surface area contributed by atoms with Gasteiger partial charge in [0.05, 0.1) is 5.92 Å². The van der Waals surface area contributed by atoms with E-state index < -0.39 is 16.8 Å². The van der Waals surface area contributed by atoms with Crippen LogP contribution < -0.4 is 10.6 Å². The van der Waals surface area contributed by atoms with Gasteiger partial charge in [0.15, 0.2) is 0 Å². The van der Waals surface area contributed by atoms with Crippen molar-refractivity contribution in [1.29, 1.82) is 0 Å². The number of carboxylic acids is 1. The summed E-state index contributed by atoms with van der Waals surface area (Å²) < 4.78 is 11.1. The van der Waals surface area contributed by atoms with Crippen LogP contribution in [0.5, 0.6) is 0 Å². The van der Waals surface area contributed by atoms with E-state index in [9.17, 15) is 13.8 Å². The summed E-state index contributed by atoms with van der Waals surface area (Å²) in [5.74, 6) is -1.20. The van der Waals surface area contributed by atoms with Crippen LogP contribution in [0.1, 0.15) is 33.1 Å². The molecule has 0 saturated carbocycles. The highest BCUT2D eigenvalue weighted by Gasteiger charge is 2.10. The van der Waals surface area contributed by atoms with Crippen LogP contribution >= 0.6 is 0 Å². The number of nitrogens with one attached hydrogen (secondary N) is 2. The summed E-state index contributed by atoms with van der Waals surface area (Å²) in [4.78, 5) is 21.9. The first kappa shape index (κ1) is 17.9. The molecule has 3 atom stereocenters. The predicted molar refractivity (Wildman–Crippen MR) is 75.6 cm³/mol. The first-order valence-electron chi connectivity index (χ1n) is 6.41. The number of hydrogen-bond acceptors (Lipinski definition) is 3. The van der Waals surface area contributed by atoms with Gasteiger partial charge >= 0.3 is 12.0 Å². The number of rotatable bonds is 9. The van der Waals surface area contributed by atoms with E-state index in [1.165, 1.54) is 0 Å². The maximum Gasteiger partial charge on any atom is 0.314 e. The van der Waals surface area contributed by atoms with Gasteiger partial charge in [0.25, 0.3) is 0 Å². The molecule has 0 aliphatic rings. The number of urea groups is 1. The molecule has 0 rings (SSSR count). The second-order valence-electron chi connectivity index (χ2n) is 4.66. The molecular weight excluding hydrogens is 268 g/mol. The lowest BCUT2D eigenvalue weighted by molar-refractivity contribution is -0.141. The van der Waals surface area contributed by atoms with E-state index in [1.807, 2.05) is 6.92 Å². The van der Waals surface area contributed by atoms with Crippen LogP contribution in [0.15, 0.2) is 0 Å². The van der Waals surface area contributed by atoms with E-state index >= 15 is 0 Å². The minimum absolute atomic E-state index is 0.0664. The summed E-state index contributed by atoms with van der Waals surface area (Å²) in [5.41, 5.74) is 0. The number of carboxylic acid groups (broad SMARTS) is 1. The molecule has 0 aromatic carbocycles. The molecule has 0 spiro atoms. The minimum Gasteiger partial charge on any atom is -0.481 e. The van der Waals surface area contributed by atoms with Gasteiger partial charge in [-0.2, -0.15) is 0 Å². The van der Waals surface area contributed by atoms with Gasteiger partial charge in [-0.1, -0.05) is 13.8 Å². The second kappa shape index (κ2) is 9.77. The molecule has 0 heterocycles. The van der Waals surface area contributed by atoms with Crippen LogP contribution in [0.2, 0.25) is 0 Å². The average molecular weight is 292 g/mol. The Labute approximate surface area is 116 Å². The van der Waals surface area contributed by atoms with Crippen molar-refractivity contribution in [2.75, 3.05) is 19.3 Å². The quantitative estimate of drug-likeness (QED) is 0.551. The van der Waals surface area contributed by atoms with E-state index in [0.29, 0.717) is 32.4 Å². The standard InChI is InChI=1S/C12H24N2O4S/c1-9(11(15)16)5-4-7-13-12(17)14-8-6-10(2)19(3)18/h9-10H,4-8H2,1-3H3,(H,15,16)(H2,13,14,17). The maximum atomic E-state index is 11.4. The Morgan fingerprint density at radius 2 is 1.74 bits per heavy atom. The van der Waals surface area contributed by atoms with Crippen molar-refractivity contribution in [3.05, 3.63) is 0 Å². The van der Waals surface area contributed by atoms with Crippen molar-refractivity contribution >= 4 is 22.8 Å².